The van der Waals surface area contributed by atoms with Gasteiger partial charge in [0, 0.05) is 23.7 Å². The molecule has 37 heavy (non-hydrogen) atoms. The second-order valence-electron chi connectivity index (χ2n) is 11.0. The highest BCUT2D eigenvalue weighted by molar-refractivity contribution is 6.06. The van der Waals surface area contributed by atoms with Gasteiger partial charge >= 0.3 is 6.09 Å². The van der Waals surface area contributed by atoms with Gasteiger partial charge in [0.1, 0.15) is 5.60 Å². The Morgan fingerprint density at radius 3 is 2.51 bits per heavy atom. The molecule has 0 bridgehead atoms. The van der Waals surface area contributed by atoms with E-state index in [-0.39, 0.29) is 18.0 Å². The van der Waals surface area contributed by atoms with E-state index in [4.69, 9.17) is 4.74 Å². The summed E-state index contributed by atoms with van der Waals surface area (Å²) in [5, 5.41) is 9.96. The fraction of sp³-hybridized carbons (Fsp3) is 0.379. The molecule has 1 saturated carbocycles. The number of aryl methyl sites for hydroxylation is 1. The number of carbonyl (C=O) groups excluding carboxylic acids is 2. The maximum Gasteiger partial charge on any atom is 0.435 e. The minimum absolute atomic E-state index is 0.0497. The molecule has 2 aromatic heterocycles. The smallest absolute Gasteiger partial charge is 0.435 e. The van der Waals surface area contributed by atoms with Crippen LogP contribution >= 0.6 is 0 Å². The maximum atomic E-state index is 14.1. The molecule has 2 aliphatic carbocycles. The third-order valence-corrected chi connectivity index (χ3v) is 7.04. The lowest BCUT2D eigenvalue weighted by Crippen LogP contribution is -2.44. The van der Waals surface area contributed by atoms with Crippen LogP contribution in [0.2, 0.25) is 0 Å². The van der Waals surface area contributed by atoms with Crippen LogP contribution in [0, 0.1) is 0 Å². The zero-order valence-electron chi connectivity index (χ0n) is 21.4. The lowest BCUT2D eigenvalue weighted by atomic mass is 9.91. The van der Waals surface area contributed by atoms with Crippen LogP contribution in [-0.4, -0.2) is 54.1 Å². The van der Waals surface area contributed by atoms with E-state index < -0.39 is 11.7 Å². The number of carbonyl (C=O) groups is 2. The lowest BCUT2D eigenvalue weighted by molar-refractivity contribution is 0.0513. The highest BCUT2D eigenvalue weighted by Crippen LogP contribution is 2.36. The molecule has 1 fully saturated rings. The number of benzene rings is 2. The van der Waals surface area contributed by atoms with Crippen LogP contribution in [0.15, 0.2) is 60.9 Å². The summed E-state index contributed by atoms with van der Waals surface area (Å²) < 4.78 is 8.67. The Kier molecular flexibility index (Phi) is 5.62. The van der Waals surface area contributed by atoms with Crippen molar-refractivity contribution in [3.63, 3.8) is 0 Å². The van der Waals surface area contributed by atoms with Crippen LogP contribution in [0.1, 0.15) is 61.6 Å². The van der Waals surface area contributed by atoms with E-state index in [1.165, 1.54) is 4.68 Å². The summed E-state index contributed by atoms with van der Waals surface area (Å²) >= 11 is 0. The van der Waals surface area contributed by atoms with Crippen molar-refractivity contribution in [1.82, 2.24) is 24.5 Å². The standard InChI is InChI=1S/C29H31N5O3/c1-29(2,3)37-28(36)32-18-19-16-22(14-15-25(19)31-32)33(20-12-13-20)27(35)23-10-7-11-26-24(23)17-30-34(26)21-8-5-4-6-9-21/h4-11,17-18,20,22H,12-16H2,1-3H3. The molecule has 8 nitrogen and oxygen atoms in total. The highest BCUT2D eigenvalue weighted by Gasteiger charge is 2.40. The van der Waals surface area contributed by atoms with E-state index in [0.29, 0.717) is 12.0 Å². The number of hydrogen-bond acceptors (Lipinski definition) is 5. The van der Waals surface area contributed by atoms with E-state index in [2.05, 4.69) is 15.1 Å². The van der Waals surface area contributed by atoms with E-state index >= 15 is 0 Å². The first-order chi connectivity index (χ1) is 17.8. The third kappa shape index (κ3) is 4.52. The summed E-state index contributed by atoms with van der Waals surface area (Å²) in [5.74, 6) is 0.0497. The Hall–Kier alpha value is -3.94. The molecule has 1 atom stereocenters. The van der Waals surface area contributed by atoms with Crippen LogP contribution < -0.4 is 0 Å². The van der Waals surface area contributed by atoms with Crippen LogP contribution in [0.5, 0.6) is 0 Å². The molecule has 2 aromatic carbocycles. The van der Waals surface area contributed by atoms with Gasteiger partial charge in [0.15, 0.2) is 0 Å². The molecule has 0 aliphatic heterocycles. The predicted octanol–water partition coefficient (Wildman–Crippen LogP) is 5.17. The van der Waals surface area contributed by atoms with Crippen LogP contribution in [-0.2, 0) is 17.6 Å². The Labute approximate surface area is 215 Å². The Morgan fingerprint density at radius 1 is 1.00 bits per heavy atom. The van der Waals surface area contributed by atoms with Gasteiger partial charge in [-0.2, -0.15) is 14.9 Å². The summed E-state index contributed by atoms with van der Waals surface area (Å²) in [6.07, 6.45) is 7.36. The predicted molar refractivity (Wildman–Crippen MR) is 140 cm³/mol. The van der Waals surface area contributed by atoms with E-state index in [9.17, 15) is 9.59 Å². The fourth-order valence-electron chi connectivity index (χ4n) is 5.26. The normalized spacial score (nSPS) is 17.4. The van der Waals surface area contributed by atoms with E-state index in [0.717, 1.165) is 53.5 Å². The zero-order valence-corrected chi connectivity index (χ0v) is 21.4. The number of hydrogen-bond donors (Lipinski definition) is 0. The third-order valence-electron chi connectivity index (χ3n) is 7.04. The largest absolute Gasteiger partial charge is 0.442 e. The lowest BCUT2D eigenvalue weighted by Gasteiger charge is -2.34. The Bertz CT molecular complexity index is 1480. The maximum absolute atomic E-state index is 14.1. The number of rotatable bonds is 4. The molecule has 8 heteroatoms. The second kappa shape index (κ2) is 8.87. The van der Waals surface area contributed by atoms with Gasteiger partial charge in [-0.3, -0.25) is 4.79 Å². The van der Waals surface area contributed by atoms with E-state index in [1.54, 1.807) is 12.4 Å². The Balaban J connectivity index is 1.28. The van der Waals surface area contributed by atoms with Crippen molar-refractivity contribution in [1.29, 1.82) is 0 Å². The molecule has 1 unspecified atom stereocenters. The summed E-state index contributed by atoms with van der Waals surface area (Å²) in [4.78, 5) is 28.7. The average Bonchev–Trinajstić information content (AvgIpc) is 3.45. The molecular weight excluding hydrogens is 466 g/mol. The van der Waals surface area contributed by atoms with Crippen molar-refractivity contribution in [2.24, 2.45) is 0 Å². The molecule has 4 aromatic rings. The average molecular weight is 498 g/mol. The molecule has 1 amide bonds. The van der Waals surface area contributed by atoms with Gasteiger partial charge in [0.05, 0.1) is 28.7 Å². The van der Waals surface area contributed by atoms with Gasteiger partial charge in [-0.05, 0) is 82.7 Å². The van der Waals surface area contributed by atoms with Crippen molar-refractivity contribution in [2.45, 2.75) is 70.6 Å². The molecular formula is C29H31N5O3. The van der Waals surface area contributed by atoms with Gasteiger partial charge < -0.3 is 9.64 Å². The molecule has 0 N–H and O–H groups in total. The molecule has 6 rings (SSSR count). The fourth-order valence-corrected chi connectivity index (χ4v) is 5.26. The monoisotopic (exact) mass is 497 g/mol. The van der Waals surface area contributed by atoms with Crippen molar-refractivity contribution in [2.75, 3.05) is 0 Å². The van der Waals surface area contributed by atoms with Crippen molar-refractivity contribution < 1.29 is 14.3 Å². The number of amides is 1. The zero-order chi connectivity index (χ0) is 25.7. The summed E-state index contributed by atoms with van der Waals surface area (Å²) in [5.41, 5.74) is 3.89. The van der Waals surface area contributed by atoms with Crippen molar-refractivity contribution in [3.05, 3.63) is 77.7 Å². The number of ether oxygens (including phenoxy) is 1. The summed E-state index contributed by atoms with van der Waals surface area (Å²) in [6.45, 7) is 5.52. The second-order valence-corrected chi connectivity index (χ2v) is 11.0. The number of aromatic nitrogens is 4. The summed E-state index contributed by atoms with van der Waals surface area (Å²) in [6, 6.07) is 16.1. The van der Waals surface area contributed by atoms with Gasteiger partial charge in [-0.25, -0.2) is 9.48 Å². The first kappa shape index (κ1) is 23.5. The van der Waals surface area contributed by atoms with E-state index in [1.807, 2.05) is 74.0 Å². The topological polar surface area (TPSA) is 82.2 Å². The first-order valence-corrected chi connectivity index (χ1v) is 12.9. The molecule has 0 radical (unpaired) electrons. The number of fused-ring (bicyclic) bond motifs is 2. The molecule has 2 aliphatic rings. The SMILES string of the molecule is CC(C)(C)OC(=O)n1cc2c(n1)CCC(N(C(=O)c1cccc3c1cnn3-c1ccccc1)C1CC1)C2. The van der Waals surface area contributed by atoms with Crippen LogP contribution in [0.25, 0.3) is 16.6 Å². The number of para-hydroxylation sites is 1. The Morgan fingerprint density at radius 2 is 1.78 bits per heavy atom. The van der Waals surface area contributed by atoms with Crippen molar-refractivity contribution in [3.8, 4) is 5.69 Å². The molecule has 190 valence electrons. The van der Waals surface area contributed by atoms with Crippen molar-refractivity contribution >= 4 is 22.9 Å². The summed E-state index contributed by atoms with van der Waals surface area (Å²) in [7, 11) is 0. The first-order valence-electron chi connectivity index (χ1n) is 12.9. The minimum atomic E-state index is -0.587. The molecule has 2 heterocycles. The van der Waals surface area contributed by atoms with Gasteiger partial charge in [-0.15, -0.1) is 0 Å². The molecule has 0 saturated heterocycles. The number of nitrogens with zero attached hydrogens (tertiary/aromatic N) is 5. The van der Waals surface area contributed by atoms with Gasteiger partial charge in [-0.1, -0.05) is 24.3 Å². The quantitative estimate of drug-likeness (QED) is 0.389. The van der Waals surface area contributed by atoms with Gasteiger partial charge in [0.25, 0.3) is 5.91 Å². The van der Waals surface area contributed by atoms with Gasteiger partial charge in [0.2, 0.25) is 0 Å². The van der Waals surface area contributed by atoms with Crippen LogP contribution in [0.3, 0.4) is 0 Å². The minimum Gasteiger partial charge on any atom is -0.442 e. The van der Waals surface area contributed by atoms with Crippen LogP contribution in [0.4, 0.5) is 4.79 Å². The molecule has 0 spiro atoms. The highest BCUT2D eigenvalue weighted by atomic mass is 16.6.